The number of thiazole rings is 1. The zero-order valence-corrected chi connectivity index (χ0v) is 22.2. The van der Waals surface area contributed by atoms with Crippen molar-refractivity contribution in [1.29, 1.82) is 0 Å². The molecule has 12 heteroatoms. The van der Waals surface area contributed by atoms with Crippen LogP contribution in [0.25, 0.3) is 10.9 Å². The number of benzene rings is 1. The smallest absolute Gasteiger partial charge is 0.319 e. The van der Waals surface area contributed by atoms with Crippen LogP contribution in [0.5, 0.6) is 0 Å². The molecule has 2 aromatic heterocycles. The number of likely N-dealkylation sites (tertiary alicyclic amines) is 1. The number of fused-ring (bicyclic) bond motifs is 2. The lowest BCUT2D eigenvalue weighted by Crippen LogP contribution is -2.61. The number of esters is 1. The second kappa shape index (κ2) is 10.8. The second-order valence-corrected chi connectivity index (χ2v) is 11.1. The third kappa shape index (κ3) is 5.80. The second-order valence-electron chi connectivity index (χ2n) is 9.55. The number of hydrogen-bond donors (Lipinski definition) is 3. The third-order valence-electron chi connectivity index (χ3n) is 6.85. The van der Waals surface area contributed by atoms with Gasteiger partial charge in [0.15, 0.2) is 5.01 Å². The lowest BCUT2D eigenvalue weighted by atomic mass is 9.98. The first-order valence-corrected chi connectivity index (χ1v) is 13.3. The molecule has 2 aliphatic heterocycles. The number of likely N-dealkylation sites (N-methyl/N-ethyl adjacent to an activating group) is 1. The van der Waals surface area contributed by atoms with E-state index >= 15 is 0 Å². The highest BCUT2D eigenvalue weighted by atomic mass is 35.5. The number of piperidine rings is 1. The number of nitrogens with zero attached hydrogens (tertiary/aromatic N) is 3. The zero-order chi connectivity index (χ0) is 26.1. The quantitative estimate of drug-likeness (QED) is 0.406. The summed E-state index contributed by atoms with van der Waals surface area (Å²) in [4.78, 5) is 51.2. The molecule has 0 saturated carbocycles. The fourth-order valence-corrected chi connectivity index (χ4v) is 6.12. The molecule has 2 amide bonds. The fourth-order valence-electron chi connectivity index (χ4n) is 4.85. The van der Waals surface area contributed by atoms with E-state index in [4.69, 9.17) is 16.3 Å². The van der Waals surface area contributed by atoms with Gasteiger partial charge in [-0.15, -0.1) is 11.3 Å². The molecule has 5 rings (SSSR count). The Bertz CT molecular complexity index is 1340. The summed E-state index contributed by atoms with van der Waals surface area (Å²) in [6.07, 6.45) is 1.37. The molecule has 1 aromatic carbocycles. The van der Waals surface area contributed by atoms with Gasteiger partial charge in [0.1, 0.15) is 5.69 Å². The van der Waals surface area contributed by atoms with Gasteiger partial charge >= 0.3 is 5.97 Å². The SMILES string of the molecule is COC(=O)CN1CC[C@H](NC(=O)c2cc3cc(Cl)ccc3[nH]2)[C@H](NC(=O)c2nc3c(s2)CN(C)CC3)C1. The number of methoxy groups -OCH3 is 1. The van der Waals surface area contributed by atoms with Crippen LogP contribution in [0.2, 0.25) is 5.02 Å². The average molecular weight is 545 g/mol. The van der Waals surface area contributed by atoms with Crippen LogP contribution in [-0.2, 0) is 22.5 Å². The monoisotopic (exact) mass is 544 g/mol. The molecule has 0 aliphatic carbocycles. The van der Waals surface area contributed by atoms with Crippen molar-refractivity contribution in [2.75, 3.05) is 40.3 Å². The molecule has 2 aliphatic rings. The number of ether oxygens (including phenoxy) is 1. The van der Waals surface area contributed by atoms with Gasteiger partial charge in [-0.2, -0.15) is 0 Å². The van der Waals surface area contributed by atoms with Gasteiger partial charge in [0.25, 0.3) is 11.8 Å². The summed E-state index contributed by atoms with van der Waals surface area (Å²) < 4.78 is 4.82. The Balaban J connectivity index is 1.32. The maximum absolute atomic E-state index is 13.2. The van der Waals surface area contributed by atoms with Crippen LogP contribution in [-0.4, -0.2) is 90.0 Å². The molecule has 0 bridgehead atoms. The van der Waals surface area contributed by atoms with Crippen LogP contribution in [0.1, 0.15) is 37.3 Å². The molecule has 4 heterocycles. The first-order valence-electron chi connectivity index (χ1n) is 12.2. The molecule has 0 spiro atoms. The Hall–Kier alpha value is -2.99. The van der Waals surface area contributed by atoms with Crippen molar-refractivity contribution >= 4 is 51.6 Å². The summed E-state index contributed by atoms with van der Waals surface area (Å²) in [7, 11) is 3.40. The summed E-state index contributed by atoms with van der Waals surface area (Å²) in [6.45, 7) is 2.78. The van der Waals surface area contributed by atoms with Gasteiger partial charge in [-0.1, -0.05) is 11.6 Å². The molecular weight excluding hydrogens is 516 g/mol. The first kappa shape index (κ1) is 25.7. The zero-order valence-electron chi connectivity index (χ0n) is 20.7. The van der Waals surface area contributed by atoms with Gasteiger partial charge in [0.2, 0.25) is 0 Å². The molecule has 1 fully saturated rings. The minimum Gasteiger partial charge on any atom is -0.468 e. The Kier molecular flexibility index (Phi) is 7.47. The maximum Gasteiger partial charge on any atom is 0.319 e. The number of hydrogen-bond acceptors (Lipinski definition) is 8. The van der Waals surface area contributed by atoms with Crippen LogP contribution in [0.3, 0.4) is 0 Å². The van der Waals surface area contributed by atoms with Crippen LogP contribution in [0.4, 0.5) is 0 Å². The number of H-pyrrole nitrogens is 1. The Morgan fingerprint density at radius 1 is 1.19 bits per heavy atom. The lowest BCUT2D eigenvalue weighted by molar-refractivity contribution is -0.142. The van der Waals surface area contributed by atoms with E-state index in [9.17, 15) is 14.4 Å². The van der Waals surface area contributed by atoms with Gasteiger partial charge in [-0.05, 0) is 37.7 Å². The molecule has 0 unspecified atom stereocenters. The van der Waals surface area contributed by atoms with E-state index in [-0.39, 0.29) is 30.4 Å². The van der Waals surface area contributed by atoms with E-state index in [2.05, 4.69) is 32.5 Å². The van der Waals surface area contributed by atoms with Crippen LogP contribution < -0.4 is 10.6 Å². The van der Waals surface area contributed by atoms with E-state index in [1.165, 1.54) is 18.4 Å². The molecule has 2 atom stereocenters. The van der Waals surface area contributed by atoms with E-state index in [1.807, 2.05) is 11.0 Å². The Morgan fingerprint density at radius 2 is 2.00 bits per heavy atom. The summed E-state index contributed by atoms with van der Waals surface area (Å²) in [5, 5.41) is 8.01. The van der Waals surface area contributed by atoms with Crippen molar-refractivity contribution in [2.24, 2.45) is 0 Å². The van der Waals surface area contributed by atoms with Gasteiger partial charge in [-0.25, -0.2) is 4.98 Å². The standard InChI is InChI=1S/C25H29ClN6O4S/c1-31-7-5-18-21(12-31)37-25(30-18)24(35)29-20-11-32(13-22(33)36-2)8-6-17(20)28-23(34)19-10-14-9-15(26)3-4-16(14)27-19/h3-4,9-10,17,20,27H,5-8,11-13H2,1-2H3,(H,28,34)(H,29,35)/t17-,20+/m0/s1. The molecule has 1 saturated heterocycles. The molecule has 196 valence electrons. The van der Waals surface area contributed by atoms with Crippen molar-refractivity contribution in [3.05, 3.63) is 50.6 Å². The largest absolute Gasteiger partial charge is 0.468 e. The van der Waals surface area contributed by atoms with E-state index in [0.717, 1.165) is 41.0 Å². The number of carbonyl (C=O) groups is 3. The summed E-state index contributed by atoms with van der Waals surface area (Å²) in [6, 6.07) is 6.39. The van der Waals surface area contributed by atoms with Gasteiger partial charge < -0.3 is 25.3 Å². The van der Waals surface area contributed by atoms with Crippen molar-refractivity contribution < 1.29 is 19.1 Å². The van der Waals surface area contributed by atoms with Crippen molar-refractivity contribution in [1.82, 2.24) is 30.4 Å². The topological polar surface area (TPSA) is 120 Å². The number of rotatable bonds is 6. The predicted molar refractivity (Wildman–Crippen MR) is 141 cm³/mol. The number of carbonyl (C=O) groups excluding carboxylic acids is 3. The van der Waals surface area contributed by atoms with Gasteiger partial charge in [0, 0.05) is 53.4 Å². The number of aromatic amines is 1. The number of aromatic nitrogens is 2. The minimum absolute atomic E-state index is 0.115. The Labute approximate surface area is 223 Å². The molecule has 10 nitrogen and oxygen atoms in total. The van der Waals surface area contributed by atoms with Crippen LogP contribution >= 0.6 is 22.9 Å². The van der Waals surface area contributed by atoms with E-state index in [0.29, 0.717) is 35.2 Å². The van der Waals surface area contributed by atoms with Crippen molar-refractivity contribution in [3.8, 4) is 0 Å². The molecule has 3 N–H and O–H groups in total. The highest BCUT2D eigenvalue weighted by molar-refractivity contribution is 7.13. The van der Waals surface area contributed by atoms with E-state index < -0.39 is 6.04 Å². The highest BCUT2D eigenvalue weighted by Gasteiger charge is 2.34. The molecule has 0 radical (unpaired) electrons. The molecule has 3 aromatic rings. The third-order valence-corrected chi connectivity index (χ3v) is 8.17. The average Bonchev–Trinajstić information content (AvgIpc) is 3.49. The van der Waals surface area contributed by atoms with Crippen LogP contribution in [0.15, 0.2) is 24.3 Å². The number of nitrogens with one attached hydrogen (secondary N) is 3. The Morgan fingerprint density at radius 3 is 2.81 bits per heavy atom. The fraction of sp³-hybridized carbons (Fsp3) is 0.440. The number of halogens is 1. The predicted octanol–water partition coefficient (Wildman–Crippen LogP) is 2.04. The summed E-state index contributed by atoms with van der Waals surface area (Å²) in [5.74, 6) is -0.891. The summed E-state index contributed by atoms with van der Waals surface area (Å²) >= 11 is 7.49. The van der Waals surface area contributed by atoms with E-state index in [1.54, 1.807) is 18.2 Å². The maximum atomic E-state index is 13.2. The highest BCUT2D eigenvalue weighted by Crippen LogP contribution is 2.25. The van der Waals surface area contributed by atoms with Crippen molar-refractivity contribution in [2.45, 2.75) is 31.5 Å². The van der Waals surface area contributed by atoms with Crippen LogP contribution in [0, 0.1) is 0 Å². The van der Waals surface area contributed by atoms with Gasteiger partial charge in [0.05, 0.1) is 31.4 Å². The first-order chi connectivity index (χ1) is 17.8. The minimum atomic E-state index is -0.419. The van der Waals surface area contributed by atoms with Crippen molar-refractivity contribution in [3.63, 3.8) is 0 Å². The normalized spacial score (nSPS) is 20.4. The lowest BCUT2D eigenvalue weighted by Gasteiger charge is -2.38. The summed E-state index contributed by atoms with van der Waals surface area (Å²) in [5.41, 5.74) is 2.20. The van der Waals surface area contributed by atoms with Gasteiger partial charge in [-0.3, -0.25) is 19.3 Å². The number of amides is 2. The molecule has 37 heavy (non-hydrogen) atoms. The molecular formula is C25H29ClN6O4S.